The summed E-state index contributed by atoms with van der Waals surface area (Å²) in [6.45, 7) is 6.01. The maximum absolute atomic E-state index is 12.8. The molecule has 0 bridgehead atoms. The molecule has 2 unspecified atom stereocenters. The lowest BCUT2D eigenvalue weighted by Crippen LogP contribution is -2.57. The van der Waals surface area contributed by atoms with Gasteiger partial charge in [-0.2, -0.15) is 0 Å². The first-order valence-corrected chi connectivity index (χ1v) is 7.31. The summed E-state index contributed by atoms with van der Waals surface area (Å²) >= 11 is 0. The van der Waals surface area contributed by atoms with Gasteiger partial charge in [0.05, 0.1) is 24.2 Å². The molecule has 4 heteroatoms. The van der Waals surface area contributed by atoms with Crippen LogP contribution in [0.4, 0.5) is 0 Å². The zero-order valence-corrected chi connectivity index (χ0v) is 11.7. The molecule has 2 N–H and O–H groups in total. The smallest absolute Gasteiger partial charge is 0.230 e. The standard InChI is InChI=1S/C14H26N2O2/c1-3-14(4-2,10-15)13(17)16-8-9-18-12-7-5-6-11(12)16/h11-12H,3-10,15H2,1-2H3. The van der Waals surface area contributed by atoms with Crippen molar-refractivity contribution >= 4 is 5.91 Å². The Morgan fingerprint density at radius 2 is 2.11 bits per heavy atom. The van der Waals surface area contributed by atoms with Crippen LogP contribution >= 0.6 is 0 Å². The van der Waals surface area contributed by atoms with Crippen LogP contribution in [0.1, 0.15) is 46.0 Å². The molecule has 1 heterocycles. The van der Waals surface area contributed by atoms with Gasteiger partial charge in [0.25, 0.3) is 0 Å². The predicted octanol–water partition coefficient (Wildman–Crippen LogP) is 1.53. The number of carbonyl (C=O) groups is 1. The lowest BCUT2D eigenvalue weighted by molar-refractivity contribution is -0.155. The first-order chi connectivity index (χ1) is 8.68. The summed E-state index contributed by atoms with van der Waals surface area (Å²) in [4.78, 5) is 14.9. The number of hydrogen-bond acceptors (Lipinski definition) is 3. The van der Waals surface area contributed by atoms with Crippen LogP contribution in [-0.2, 0) is 9.53 Å². The van der Waals surface area contributed by atoms with E-state index < -0.39 is 0 Å². The quantitative estimate of drug-likeness (QED) is 0.828. The summed E-state index contributed by atoms with van der Waals surface area (Å²) in [5.41, 5.74) is 5.54. The zero-order chi connectivity index (χ0) is 13.2. The SMILES string of the molecule is CCC(CC)(CN)C(=O)N1CCOC2CCCC21. The van der Waals surface area contributed by atoms with Gasteiger partial charge in [-0.3, -0.25) is 4.79 Å². The highest BCUT2D eigenvalue weighted by molar-refractivity contribution is 5.83. The van der Waals surface area contributed by atoms with Gasteiger partial charge in [0.2, 0.25) is 5.91 Å². The van der Waals surface area contributed by atoms with E-state index in [1.807, 2.05) is 0 Å². The molecule has 1 saturated heterocycles. The number of nitrogens with zero attached hydrogens (tertiary/aromatic N) is 1. The lowest BCUT2D eigenvalue weighted by atomic mass is 9.80. The first-order valence-electron chi connectivity index (χ1n) is 7.31. The normalized spacial score (nSPS) is 28.3. The third-order valence-corrected chi connectivity index (χ3v) is 4.94. The van der Waals surface area contributed by atoms with Crippen LogP contribution < -0.4 is 5.73 Å². The van der Waals surface area contributed by atoms with Gasteiger partial charge in [0.1, 0.15) is 0 Å². The fourth-order valence-electron chi connectivity index (χ4n) is 3.41. The van der Waals surface area contributed by atoms with Crippen molar-refractivity contribution in [2.45, 2.75) is 58.1 Å². The summed E-state index contributed by atoms with van der Waals surface area (Å²) in [5.74, 6) is 0.259. The second-order valence-corrected chi connectivity index (χ2v) is 5.60. The van der Waals surface area contributed by atoms with E-state index in [0.717, 1.165) is 32.2 Å². The molecule has 1 aliphatic heterocycles. The molecule has 2 rings (SSSR count). The summed E-state index contributed by atoms with van der Waals surface area (Å²) < 4.78 is 5.77. The average Bonchev–Trinajstić information content (AvgIpc) is 2.89. The highest BCUT2D eigenvalue weighted by atomic mass is 16.5. The number of amides is 1. The van der Waals surface area contributed by atoms with Gasteiger partial charge in [-0.05, 0) is 32.1 Å². The topological polar surface area (TPSA) is 55.6 Å². The molecule has 0 aromatic carbocycles. The minimum absolute atomic E-state index is 0.259. The van der Waals surface area contributed by atoms with Gasteiger partial charge in [0, 0.05) is 13.1 Å². The summed E-state index contributed by atoms with van der Waals surface area (Å²) in [7, 11) is 0. The van der Waals surface area contributed by atoms with Gasteiger partial charge >= 0.3 is 0 Å². The van der Waals surface area contributed by atoms with Crippen molar-refractivity contribution in [2.24, 2.45) is 11.1 Å². The molecule has 0 aromatic heterocycles. The predicted molar refractivity (Wildman–Crippen MR) is 71.2 cm³/mol. The molecule has 2 aliphatic rings. The monoisotopic (exact) mass is 254 g/mol. The van der Waals surface area contributed by atoms with E-state index in [4.69, 9.17) is 10.5 Å². The number of hydrogen-bond donors (Lipinski definition) is 1. The Hall–Kier alpha value is -0.610. The Morgan fingerprint density at radius 1 is 1.39 bits per heavy atom. The fraction of sp³-hybridized carbons (Fsp3) is 0.929. The highest BCUT2D eigenvalue weighted by Crippen LogP contribution is 2.35. The first kappa shape index (κ1) is 13.8. The second-order valence-electron chi connectivity index (χ2n) is 5.60. The van der Waals surface area contributed by atoms with Gasteiger partial charge in [-0.25, -0.2) is 0 Å². The highest BCUT2D eigenvalue weighted by Gasteiger charge is 2.44. The average molecular weight is 254 g/mol. The van der Waals surface area contributed by atoms with E-state index in [0.29, 0.717) is 19.2 Å². The lowest BCUT2D eigenvalue weighted by Gasteiger charge is -2.43. The largest absolute Gasteiger partial charge is 0.374 e. The molecule has 0 aromatic rings. The molecule has 1 saturated carbocycles. The second kappa shape index (κ2) is 5.57. The Morgan fingerprint density at radius 3 is 2.72 bits per heavy atom. The Balaban J connectivity index is 2.16. The molecular formula is C14H26N2O2. The molecule has 0 radical (unpaired) electrons. The Bertz CT molecular complexity index is 294. The van der Waals surface area contributed by atoms with Crippen molar-refractivity contribution in [1.82, 2.24) is 4.90 Å². The number of morpholine rings is 1. The maximum Gasteiger partial charge on any atom is 0.230 e. The van der Waals surface area contributed by atoms with Gasteiger partial charge in [-0.1, -0.05) is 13.8 Å². The molecule has 0 spiro atoms. The molecule has 2 atom stereocenters. The van der Waals surface area contributed by atoms with E-state index in [1.165, 1.54) is 6.42 Å². The van der Waals surface area contributed by atoms with Crippen molar-refractivity contribution in [3.63, 3.8) is 0 Å². The molecule has 2 fully saturated rings. The van der Waals surface area contributed by atoms with Crippen LogP contribution in [0.15, 0.2) is 0 Å². The molecular weight excluding hydrogens is 228 g/mol. The van der Waals surface area contributed by atoms with Crippen LogP contribution in [-0.4, -0.2) is 42.6 Å². The van der Waals surface area contributed by atoms with E-state index >= 15 is 0 Å². The molecule has 1 aliphatic carbocycles. The van der Waals surface area contributed by atoms with Crippen molar-refractivity contribution < 1.29 is 9.53 Å². The molecule has 4 nitrogen and oxygen atoms in total. The van der Waals surface area contributed by atoms with Crippen LogP contribution in [0.2, 0.25) is 0 Å². The number of rotatable bonds is 4. The minimum atomic E-state index is -0.357. The van der Waals surface area contributed by atoms with E-state index in [-0.39, 0.29) is 17.4 Å². The van der Waals surface area contributed by atoms with Gasteiger partial charge < -0.3 is 15.4 Å². The van der Waals surface area contributed by atoms with Crippen LogP contribution in [0.5, 0.6) is 0 Å². The summed E-state index contributed by atoms with van der Waals surface area (Å²) in [6.07, 6.45) is 5.29. The van der Waals surface area contributed by atoms with Crippen molar-refractivity contribution in [1.29, 1.82) is 0 Å². The van der Waals surface area contributed by atoms with Crippen molar-refractivity contribution in [3.8, 4) is 0 Å². The summed E-state index contributed by atoms with van der Waals surface area (Å²) in [5, 5.41) is 0. The van der Waals surface area contributed by atoms with Gasteiger partial charge in [0.15, 0.2) is 0 Å². The Kier molecular flexibility index (Phi) is 4.28. The molecule has 1 amide bonds. The van der Waals surface area contributed by atoms with Gasteiger partial charge in [-0.15, -0.1) is 0 Å². The minimum Gasteiger partial charge on any atom is -0.374 e. The number of fused-ring (bicyclic) bond motifs is 1. The zero-order valence-electron chi connectivity index (χ0n) is 11.7. The van der Waals surface area contributed by atoms with Crippen LogP contribution in [0, 0.1) is 5.41 Å². The molecule has 104 valence electrons. The maximum atomic E-state index is 12.8. The fourth-order valence-corrected chi connectivity index (χ4v) is 3.41. The molecule has 18 heavy (non-hydrogen) atoms. The Labute approximate surface area is 110 Å². The van der Waals surface area contributed by atoms with Crippen molar-refractivity contribution in [3.05, 3.63) is 0 Å². The van der Waals surface area contributed by atoms with E-state index in [1.54, 1.807) is 0 Å². The number of ether oxygens (including phenoxy) is 1. The third kappa shape index (κ3) is 2.16. The van der Waals surface area contributed by atoms with Crippen molar-refractivity contribution in [2.75, 3.05) is 19.7 Å². The number of carbonyl (C=O) groups excluding carboxylic acids is 1. The van der Waals surface area contributed by atoms with E-state index in [2.05, 4.69) is 18.7 Å². The van der Waals surface area contributed by atoms with Crippen LogP contribution in [0.25, 0.3) is 0 Å². The van der Waals surface area contributed by atoms with Crippen LogP contribution in [0.3, 0.4) is 0 Å². The number of nitrogens with two attached hydrogens (primary N) is 1. The third-order valence-electron chi connectivity index (χ3n) is 4.94. The van der Waals surface area contributed by atoms with E-state index in [9.17, 15) is 4.79 Å². The summed E-state index contributed by atoms with van der Waals surface area (Å²) in [6, 6.07) is 0.301.